The van der Waals surface area contributed by atoms with Crippen molar-refractivity contribution in [1.29, 1.82) is 0 Å². The first kappa shape index (κ1) is 12.9. The summed E-state index contributed by atoms with van der Waals surface area (Å²) in [7, 11) is 0. The smallest absolute Gasteiger partial charge is 0.339 e. The van der Waals surface area contributed by atoms with Gasteiger partial charge in [-0.3, -0.25) is 4.79 Å². The molecule has 1 fully saturated rings. The molecule has 1 aromatic carbocycles. The minimum atomic E-state index is -4.14. The molecule has 5 heteroatoms. The fourth-order valence-electron chi connectivity index (χ4n) is 2.17. The molecule has 1 aromatic rings. The Labute approximate surface area is 103 Å². The quantitative estimate of drug-likeness (QED) is 0.757. The lowest BCUT2D eigenvalue weighted by molar-refractivity contribution is -0.183. The van der Waals surface area contributed by atoms with Gasteiger partial charge in [-0.25, -0.2) is 0 Å². The number of likely N-dealkylation sites (tertiary alicyclic amines) is 1. The lowest BCUT2D eigenvalue weighted by Crippen LogP contribution is -2.42. The van der Waals surface area contributed by atoms with Gasteiger partial charge in [-0.15, -0.1) is 0 Å². The van der Waals surface area contributed by atoms with Crippen molar-refractivity contribution in [2.45, 2.75) is 19.0 Å². The zero-order chi connectivity index (χ0) is 13.2. The molecule has 0 spiro atoms. The summed E-state index contributed by atoms with van der Waals surface area (Å²) < 4.78 is 37.5. The summed E-state index contributed by atoms with van der Waals surface area (Å²) in [5.41, 5.74) is 0.531. The van der Waals surface area contributed by atoms with Gasteiger partial charge in [0, 0.05) is 18.7 Å². The summed E-state index contributed by atoms with van der Waals surface area (Å²) in [6.45, 7) is 0.357. The number of hydrogen-bond acceptors (Lipinski definition) is 1. The molecule has 1 amide bonds. The van der Waals surface area contributed by atoms with Crippen molar-refractivity contribution >= 4 is 5.91 Å². The Morgan fingerprint density at radius 1 is 1.11 bits per heavy atom. The van der Waals surface area contributed by atoms with Crippen LogP contribution in [0.4, 0.5) is 13.2 Å². The number of alkyl halides is 3. The first-order valence-corrected chi connectivity index (χ1v) is 5.89. The maximum atomic E-state index is 12.5. The SMILES string of the molecule is O=C(c1ccccc1)N1CCC(C(F)(F)F)CC1. The largest absolute Gasteiger partial charge is 0.391 e. The molecule has 1 aliphatic rings. The third-order valence-electron chi connectivity index (χ3n) is 3.27. The molecule has 2 rings (SSSR count). The van der Waals surface area contributed by atoms with E-state index in [1.807, 2.05) is 0 Å². The van der Waals surface area contributed by atoms with Gasteiger partial charge in [-0.1, -0.05) is 18.2 Å². The monoisotopic (exact) mass is 257 g/mol. The Morgan fingerprint density at radius 2 is 1.67 bits per heavy atom. The Bertz CT molecular complexity index is 408. The molecule has 18 heavy (non-hydrogen) atoms. The molecule has 1 heterocycles. The van der Waals surface area contributed by atoms with E-state index in [4.69, 9.17) is 0 Å². The van der Waals surface area contributed by atoms with E-state index in [9.17, 15) is 18.0 Å². The number of carbonyl (C=O) groups is 1. The molecule has 0 bridgehead atoms. The summed E-state index contributed by atoms with van der Waals surface area (Å²) in [4.78, 5) is 13.5. The van der Waals surface area contributed by atoms with E-state index in [-0.39, 0.29) is 31.8 Å². The highest BCUT2D eigenvalue weighted by atomic mass is 19.4. The number of rotatable bonds is 1. The van der Waals surface area contributed by atoms with Crippen molar-refractivity contribution < 1.29 is 18.0 Å². The molecule has 0 unspecified atom stereocenters. The third kappa shape index (κ3) is 2.83. The minimum absolute atomic E-state index is 0.00206. The topological polar surface area (TPSA) is 20.3 Å². The summed E-state index contributed by atoms with van der Waals surface area (Å²) in [5, 5.41) is 0. The van der Waals surface area contributed by atoms with E-state index in [0.717, 1.165) is 0 Å². The molecule has 0 aliphatic carbocycles. The van der Waals surface area contributed by atoms with Crippen LogP contribution in [0.1, 0.15) is 23.2 Å². The summed E-state index contributed by atoms with van der Waals surface area (Å²) in [6, 6.07) is 8.65. The molecule has 0 N–H and O–H groups in total. The number of benzene rings is 1. The van der Waals surface area contributed by atoms with E-state index in [2.05, 4.69) is 0 Å². The second-order valence-corrected chi connectivity index (χ2v) is 4.47. The molecule has 0 radical (unpaired) electrons. The van der Waals surface area contributed by atoms with Crippen LogP contribution in [0.25, 0.3) is 0 Å². The van der Waals surface area contributed by atoms with Crippen LogP contribution in [0.2, 0.25) is 0 Å². The second kappa shape index (κ2) is 5.00. The molecule has 98 valence electrons. The molecule has 0 aromatic heterocycles. The molecular formula is C13H14F3NO. The van der Waals surface area contributed by atoms with Gasteiger partial charge in [0.15, 0.2) is 0 Å². The zero-order valence-electron chi connectivity index (χ0n) is 9.78. The molecular weight excluding hydrogens is 243 g/mol. The van der Waals surface area contributed by atoms with Gasteiger partial charge in [0.05, 0.1) is 5.92 Å². The second-order valence-electron chi connectivity index (χ2n) is 4.47. The van der Waals surface area contributed by atoms with Crippen molar-refractivity contribution in [3.63, 3.8) is 0 Å². The number of piperidine rings is 1. The molecule has 0 saturated carbocycles. The van der Waals surface area contributed by atoms with Crippen LogP contribution in [0.15, 0.2) is 30.3 Å². The van der Waals surface area contributed by atoms with E-state index < -0.39 is 12.1 Å². The van der Waals surface area contributed by atoms with Crippen LogP contribution in [0.5, 0.6) is 0 Å². The summed E-state index contributed by atoms with van der Waals surface area (Å²) >= 11 is 0. The van der Waals surface area contributed by atoms with Gasteiger partial charge >= 0.3 is 6.18 Å². The predicted molar refractivity (Wildman–Crippen MR) is 61.1 cm³/mol. The Kier molecular flexibility index (Phi) is 3.59. The number of nitrogens with zero attached hydrogens (tertiary/aromatic N) is 1. The highest BCUT2D eigenvalue weighted by Crippen LogP contribution is 2.34. The molecule has 1 saturated heterocycles. The number of halogens is 3. The molecule has 2 nitrogen and oxygen atoms in total. The fraction of sp³-hybridized carbons (Fsp3) is 0.462. The number of carbonyl (C=O) groups excluding carboxylic acids is 1. The summed E-state index contributed by atoms with van der Waals surface area (Å²) in [6.07, 6.45) is -4.13. The average Bonchev–Trinajstić information content (AvgIpc) is 2.38. The maximum absolute atomic E-state index is 12.5. The van der Waals surface area contributed by atoms with Gasteiger partial charge in [0.2, 0.25) is 0 Å². The van der Waals surface area contributed by atoms with Crippen molar-refractivity contribution in [2.75, 3.05) is 13.1 Å². The summed E-state index contributed by atoms with van der Waals surface area (Å²) in [5.74, 6) is -1.45. The van der Waals surface area contributed by atoms with Crippen LogP contribution >= 0.6 is 0 Å². The predicted octanol–water partition coefficient (Wildman–Crippen LogP) is 3.10. The van der Waals surface area contributed by atoms with E-state index in [0.29, 0.717) is 5.56 Å². The fourth-order valence-corrected chi connectivity index (χ4v) is 2.17. The van der Waals surface area contributed by atoms with Crippen LogP contribution in [-0.4, -0.2) is 30.1 Å². The van der Waals surface area contributed by atoms with Gasteiger partial charge in [0.25, 0.3) is 5.91 Å². The van der Waals surface area contributed by atoms with E-state index >= 15 is 0 Å². The van der Waals surface area contributed by atoms with Crippen molar-refractivity contribution in [2.24, 2.45) is 5.92 Å². The first-order chi connectivity index (χ1) is 8.48. The lowest BCUT2D eigenvalue weighted by atomic mass is 9.96. The zero-order valence-corrected chi connectivity index (χ0v) is 9.78. The van der Waals surface area contributed by atoms with E-state index in [1.165, 1.54) is 4.90 Å². The van der Waals surface area contributed by atoms with Crippen molar-refractivity contribution in [3.05, 3.63) is 35.9 Å². The third-order valence-corrected chi connectivity index (χ3v) is 3.27. The number of amides is 1. The van der Waals surface area contributed by atoms with Gasteiger partial charge < -0.3 is 4.90 Å². The Balaban J connectivity index is 1.96. The Hall–Kier alpha value is -1.52. The molecule has 1 aliphatic heterocycles. The minimum Gasteiger partial charge on any atom is -0.339 e. The highest BCUT2D eigenvalue weighted by molar-refractivity contribution is 5.94. The van der Waals surface area contributed by atoms with Crippen LogP contribution in [-0.2, 0) is 0 Å². The maximum Gasteiger partial charge on any atom is 0.391 e. The van der Waals surface area contributed by atoms with Gasteiger partial charge in [0.1, 0.15) is 0 Å². The molecule has 0 atom stereocenters. The standard InChI is InChI=1S/C13H14F3NO/c14-13(15,16)11-6-8-17(9-7-11)12(18)10-4-2-1-3-5-10/h1-5,11H,6-9H2. The normalized spacial score (nSPS) is 17.8. The number of hydrogen-bond donors (Lipinski definition) is 0. The highest BCUT2D eigenvalue weighted by Gasteiger charge is 2.41. The van der Waals surface area contributed by atoms with Crippen molar-refractivity contribution in [1.82, 2.24) is 4.90 Å². The van der Waals surface area contributed by atoms with Crippen molar-refractivity contribution in [3.8, 4) is 0 Å². The van der Waals surface area contributed by atoms with E-state index in [1.54, 1.807) is 30.3 Å². The first-order valence-electron chi connectivity index (χ1n) is 5.89. The lowest BCUT2D eigenvalue weighted by Gasteiger charge is -2.32. The van der Waals surface area contributed by atoms with Gasteiger partial charge in [-0.2, -0.15) is 13.2 Å². The van der Waals surface area contributed by atoms with Crippen LogP contribution in [0, 0.1) is 5.92 Å². The Morgan fingerprint density at radius 3 is 2.17 bits per heavy atom. The van der Waals surface area contributed by atoms with Gasteiger partial charge in [-0.05, 0) is 25.0 Å². The average molecular weight is 257 g/mol. The van der Waals surface area contributed by atoms with Crippen LogP contribution in [0.3, 0.4) is 0 Å². The van der Waals surface area contributed by atoms with Crippen LogP contribution < -0.4 is 0 Å².